The Balaban J connectivity index is 1.87. The minimum absolute atomic E-state index is 0.122. The number of methoxy groups -OCH3 is 1. The Bertz CT molecular complexity index is 514. The number of hydrogen-bond donors (Lipinski definition) is 1. The van der Waals surface area contributed by atoms with E-state index in [0.29, 0.717) is 26.1 Å². The van der Waals surface area contributed by atoms with Gasteiger partial charge < -0.3 is 15.0 Å². The average molecular weight is 296 g/mol. The first kappa shape index (κ1) is 14.8. The van der Waals surface area contributed by atoms with Crippen molar-refractivity contribution in [2.45, 2.75) is 26.8 Å². The highest BCUT2D eigenvalue weighted by Gasteiger charge is 2.42. The van der Waals surface area contributed by atoms with Crippen LogP contribution in [0.1, 0.15) is 23.1 Å². The van der Waals surface area contributed by atoms with Crippen molar-refractivity contribution in [1.82, 2.24) is 10.2 Å². The summed E-state index contributed by atoms with van der Waals surface area (Å²) in [6.45, 7) is 5.41. The van der Waals surface area contributed by atoms with Crippen molar-refractivity contribution in [2.24, 2.45) is 5.41 Å². The van der Waals surface area contributed by atoms with E-state index in [2.05, 4.69) is 5.32 Å². The summed E-state index contributed by atoms with van der Waals surface area (Å²) < 4.78 is 4.80. The normalized spacial score (nSPS) is 21.9. The van der Waals surface area contributed by atoms with Crippen LogP contribution in [0, 0.1) is 12.3 Å². The summed E-state index contributed by atoms with van der Waals surface area (Å²) in [5.74, 6) is -0.248. The zero-order valence-electron chi connectivity index (χ0n) is 12.1. The van der Waals surface area contributed by atoms with Crippen LogP contribution in [-0.2, 0) is 16.1 Å². The minimum atomic E-state index is -0.578. The first-order valence-corrected chi connectivity index (χ1v) is 7.43. The largest absolute Gasteiger partial charge is 0.469 e. The molecule has 2 heterocycles. The van der Waals surface area contributed by atoms with Crippen LogP contribution in [-0.4, -0.2) is 37.1 Å². The van der Waals surface area contributed by atoms with Gasteiger partial charge in [0.05, 0.1) is 19.1 Å². The molecule has 1 unspecified atom stereocenters. The van der Waals surface area contributed by atoms with Crippen molar-refractivity contribution in [3.8, 4) is 0 Å². The SMILES string of the molecule is COC(=O)C1(C)CCN(C(=O)NCc2ccc(C)s2)C1. The standard InChI is InChI=1S/C14H20N2O3S/c1-10-4-5-11(20-10)8-15-13(18)16-7-6-14(2,9-16)12(17)19-3/h4-5H,6-9H2,1-3H3,(H,15,18). The molecule has 5 nitrogen and oxygen atoms in total. The Morgan fingerprint density at radius 3 is 2.85 bits per heavy atom. The second-order valence-corrected chi connectivity index (χ2v) is 6.77. The van der Waals surface area contributed by atoms with Gasteiger partial charge in [0.25, 0.3) is 0 Å². The molecule has 1 N–H and O–H groups in total. The lowest BCUT2D eigenvalue weighted by atomic mass is 9.90. The molecule has 1 aromatic heterocycles. The Kier molecular flexibility index (Phi) is 4.32. The highest BCUT2D eigenvalue weighted by molar-refractivity contribution is 7.11. The first-order chi connectivity index (χ1) is 9.44. The quantitative estimate of drug-likeness (QED) is 0.870. The Morgan fingerprint density at radius 1 is 1.50 bits per heavy atom. The molecule has 1 aliphatic rings. The van der Waals surface area contributed by atoms with Crippen LogP contribution in [0.2, 0.25) is 0 Å². The second-order valence-electron chi connectivity index (χ2n) is 5.39. The van der Waals surface area contributed by atoms with Crippen molar-refractivity contribution in [3.05, 3.63) is 21.9 Å². The molecule has 0 bridgehead atoms. The second kappa shape index (κ2) is 5.83. The van der Waals surface area contributed by atoms with E-state index >= 15 is 0 Å². The molecule has 0 aromatic carbocycles. The summed E-state index contributed by atoms with van der Waals surface area (Å²) >= 11 is 1.67. The molecule has 6 heteroatoms. The monoisotopic (exact) mass is 296 g/mol. The minimum Gasteiger partial charge on any atom is -0.469 e. The zero-order chi connectivity index (χ0) is 14.8. The lowest BCUT2D eigenvalue weighted by Gasteiger charge is -2.21. The van der Waals surface area contributed by atoms with Gasteiger partial charge in [-0.1, -0.05) is 0 Å². The number of nitrogens with one attached hydrogen (secondary N) is 1. The predicted octanol–water partition coefficient (Wildman–Crippen LogP) is 2.15. The summed E-state index contributed by atoms with van der Waals surface area (Å²) in [4.78, 5) is 27.8. The molecule has 1 fully saturated rings. The van der Waals surface area contributed by atoms with Crippen LogP contribution in [0.4, 0.5) is 4.79 Å². The fourth-order valence-corrected chi connectivity index (χ4v) is 3.23. The van der Waals surface area contributed by atoms with Gasteiger partial charge in [-0.05, 0) is 32.4 Å². The van der Waals surface area contributed by atoms with Crippen molar-refractivity contribution in [2.75, 3.05) is 20.2 Å². The number of ether oxygens (including phenoxy) is 1. The highest BCUT2D eigenvalue weighted by atomic mass is 32.1. The van der Waals surface area contributed by atoms with E-state index in [1.165, 1.54) is 12.0 Å². The van der Waals surface area contributed by atoms with E-state index in [9.17, 15) is 9.59 Å². The van der Waals surface area contributed by atoms with E-state index in [1.54, 1.807) is 16.2 Å². The number of amides is 2. The van der Waals surface area contributed by atoms with Crippen LogP contribution in [0.3, 0.4) is 0 Å². The fourth-order valence-electron chi connectivity index (χ4n) is 2.40. The molecule has 1 aliphatic heterocycles. The van der Waals surface area contributed by atoms with Gasteiger partial charge >= 0.3 is 12.0 Å². The number of hydrogen-bond acceptors (Lipinski definition) is 4. The zero-order valence-corrected chi connectivity index (χ0v) is 12.9. The molecular weight excluding hydrogens is 276 g/mol. The van der Waals surface area contributed by atoms with Crippen molar-refractivity contribution in [1.29, 1.82) is 0 Å². The van der Waals surface area contributed by atoms with Crippen molar-refractivity contribution in [3.63, 3.8) is 0 Å². The van der Waals surface area contributed by atoms with Gasteiger partial charge in [0.1, 0.15) is 0 Å². The van der Waals surface area contributed by atoms with E-state index < -0.39 is 5.41 Å². The molecule has 0 saturated carbocycles. The molecule has 2 amide bonds. The maximum atomic E-state index is 12.1. The summed E-state index contributed by atoms with van der Waals surface area (Å²) in [6, 6.07) is 3.93. The Hall–Kier alpha value is -1.56. The fraction of sp³-hybridized carbons (Fsp3) is 0.571. The molecule has 1 atom stereocenters. The molecular formula is C14H20N2O3S. The van der Waals surface area contributed by atoms with E-state index in [4.69, 9.17) is 4.74 Å². The van der Waals surface area contributed by atoms with Crippen LogP contribution >= 0.6 is 11.3 Å². The number of carbonyl (C=O) groups excluding carboxylic acids is 2. The van der Waals surface area contributed by atoms with Crippen molar-refractivity contribution < 1.29 is 14.3 Å². The lowest BCUT2D eigenvalue weighted by molar-refractivity contribution is -0.150. The van der Waals surface area contributed by atoms with Gasteiger partial charge in [0.2, 0.25) is 0 Å². The van der Waals surface area contributed by atoms with Gasteiger partial charge in [-0.15, -0.1) is 11.3 Å². The van der Waals surface area contributed by atoms with Gasteiger partial charge in [0, 0.05) is 22.8 Å². The third-order valence-electron chi connectivity index (χ3n) is 3.65. The molecule has 0 aliphatic carbocycles. The molecule has 0 radical (unpaired) electrons. The third-order valence-corrected chi connectivity index (χ3v) is 4.65. The Labute approximate surface area is 122 Å². The smallest absolute Gasteiger partial charge is 0.317 e. The number of thiophene rings is 1. The maximum absolute atomic E-state index is 12.1. The molecule has 2 rings (SSSR count). The van der Waals surface area contributed by atoms with Crippen LogP contribution < -0.4 is 5.32 Å². The van der Waals surface area contributed by atoms with E-state index in [-0.39, 0.29) is 12.0 Å². The number of nitrogens with zero attached hydrogens (tertiary/aromatic N) is 1. The molecule has 110 valence electrons. The van der Waals surface area contributed by atoms with Crippen LogP contribution in [0.25, 0.3) is 0 Å². The number of aryl methyl sites for hydroxylation is 1. The third kappa shape index (κ3) is 3.12. The predicted molar refractivity (Wildman–Crippen MR) is 77.6 cm³/mol. The molecule has 0 spiro atoms. The molecule has 20 heavy (non-hydrogen) atoms. The number of likely N-dealkylation sites (tertiary alicyclic amines) is 1. The Morgan fingerprint density at radius 2 is 2.25 bits per heavy atom. The lowest BCUT2D eigenvalue weighted by Crippen LogP contribution is -2.40. The summed E-state index contributed by atoms with van der Waals surface area (Å²) in [7, 11) is 1.38. The number of carbonyl (C=O) groups is 2. The van der Waals surface area contributed by atoms with Crippen LogP contribution in [0.15, 0.2) is 12.1 Å². The topological polar surface area (TPSA) is 58.6 Å². The van der Waals surface area contributed by atoms with Crippen molar-refractivity contribution >= 4 is 23.3 Å². The summed E-state index contributed by atoms with van der Waals surface area (Å²) in [5, 5.41) is 2.89. The van der Waals surface area contributed by atoms with E-state index in [1.807, 2.05) is 26.0 Å². The van der Waals surface area contributed by atoms with Crippen LogP contribution in [0.5, 0.6) is 0 Å². The summed E-state index contributed by atoms with van der Waals surface area (Å²) in [6.07, 6.45) is 0.644. The molecule has 1 saturated heterocycles. The average Bonchev–Trinajstić information content (AvgIpc) is 3.02. The van der Waals surface area contributed by atoms with Gasteiger partial charge in [0.15, 0.2) is 0 Å². The highest BCUT2D eigenvalue weighted by Crippen LogP contribution is 2.31. The maximum Gasteiger partial charge on any atom is 0.317 e. The van der Waals surface area contributed by atoms with Gasteiger partial charge in [-0.2, -0.15) is 0 Å². The van der Waals surface area contributed by atoms with Gasteiger partial charge in [-0.25, -0.2) is 4.79 Å². The molecule has 1 aromatic rings. The first-order valence-electron chi connectivity index (χ1n) is 6.61. The number of esters is 1. The number of urea groups is 1. The van der Waals surface area contributed by atoms with Gasteiger partial charge in [-0.3, -0.25) is 4.79 Å². The van der Waals surface area contributed by atoms with E-state index in [0.717, 1.165) is 4.88 Å². The number of rotatable bonds is 3. The summed E-state index contributed by atoms with van der Waals surface area (Å²) in [5.41, 5.74) is -0.578.